The van der Waals surface area contributed by atoms with Crippen LogP contribution in [0.3, 0.4) is 0 Å². The lowest BCUT2D eigenvalue weighted by molar-refractivity contribution is 0.703. The van der Waals surface area contributed by atoms with Gasteiger partial charge in [-0.3, -0.25) is 0 Å². The fourth-order valence-electron chi connectivity index (χ4n) is 2.56. The number of hydrogen-bond acceptors (Lipinski definition) is 3. The first-order chi connectivity index (χ1) is 9.35. The van der Waals surface area contributed by atoms with E-state index >= 15 is 0 Å². The van der Waals surface area contributed by atoms with E-state index < -0.39 is 0 Å². The molecule has 3 heteroatoms. The first kappa shape index (κ1) is 12.9. The topological polar surface area (TPSA) is 12.0 Å². The summed E-state index contributed by atoms with van der Waals surface area (Å²) in [7, 11) is 2.05. The molecule has 1 unspecified atom stereocenters. The Hall–Kier alpha value is -1.16. The van der Waals surface area contributed by atoms with Crippen LogP contribution in [0.2, 0.25) is 0 Å². The third-order valence-corrected chi connectivity index (χ3v) is 5.54. The van der Waals surface area contributed by atoms with Crippen LogP contribution in [0.4, 0.5) is 0 Å². The van der Waals surface area contributed by atoms with E-state index in [-0.39, 0.29) is 0 Å². The molecule has 3 aromatic rings. The maximum Gasteiger partial charge on any atom is 0.0685 e. The predicted molar refractivity (Wildman–Crippen MR) is 86.4 cm³/mol. The van der Waals surface area contributed by atoms with Crippen LogP contribution in [0.1, 0.15) is 29.0 Å². The van der Waals surface area contributed by atoms with E-state index in [0.717, 1.165) is 6.42 Å². The molecule has 98 valence electrons. The van der Waals surface area contributed by atoms with Crippen LogP contribution in [0.25, 0.3) is 10.1 Å². The van der Waals surface area contributed by atoms with Crippen molar-refractivity contribution in [3.8, 4) is 0 Å². The number of fused-ring (bicyclic) bond motifs is 1. The van der Waals surface area contributed by atoms with Crippen molar-refractivity contribution in [2.75, 3.05) is 7.05 Å². The van der Waals surface area contributed by atoms with Crippen molar-refractivity contribution in [1.29, 1.82) is 0 Å². The van der Waals surface area contributed by atoms with Gasteiger partial charge in [-0.15, -0.1) is 22.7 Å². The first-order valence-electron chi connectivity index (χ1n) is 6.54. The number of hydrogen-bond donors (Lipinski definition) is 1. The van der Waals surface area contributed by atoms with Gasteiger partial charge in [-0.05, 0) is 52.9 Å². The molecule has 0 aliphatic heterocycles. The minimum atomic E-state index is 0.303. The van der Waals surface area contributed by atoms with Gasteiger partial charge in [-0.2, -0.15) is 0 Å². The minimum Gasteiger partial charge on any atom is -0.309 e. The standard InChI is InChI=1S/C16H17NS2/c1-3-11-7-9-19-16(11)14(17-2)13-6-4-5-12-8-10-18-15(12)13/h4-10,14,17H,3H2,1-2H3. The van der Waals surface area contributed by atoms with Crippen LogP contribution in [0.15, 0.2) is 41.1 Å². The summed E-state index contributed by atoms with van der Waals surface area (Å²) in [6.07, 6.45) is 1.09. The Balaban J connectivity index is 2.15. The second-order valence-corrected chi connectivity index (χ2v) is 6.44. The molecule has 1 atom stereocenters. The lowest BCUT2D eigenvalue weighted by atomic mass is 10.0. The summed E-state index contributed by atoms with van der Waals surface area (Å²) >= 11 is 3.69. The molecule has 0 saturated carbocycles. The van der Waals surface area contributed by atoms with Gasteiger partial charge in [0.2, 0.25) is 0 Å². The molecule has 1 N–H and O–H groups in total. The Morgan fingerprint density at radius 1 is 1.11 bits per heavy atom. The minimum absolute atomic E-state index is 0.303. The van der Waals surface area contributed by atoms with E-state index in [1.807, 2.05) is 22.7 Å². The number of nitrogens with one attached hydrogen (secondary N) is 1. The second-order valence-electron chi connectivity index (χ2n) is 4.57. The molecule has 0 spiro atoms. The van der Waals surface area contributed by atoms with Crippen molar-refractivity contribution in [2.45, 2.75) is 19.4 Å². The van der Waals surface area contributed by atoms with Crippen LogP contribution < -0.4 is 5.32 Å². The average Bonchev–Trinajstić information content (AvgIpc) is 3.08. The molecule has 0 amide bonds. The molecule has 2 aromatic heterocycles. The van der Waals surface area contributed by atoms with Gasteiger partial charge in [-0.25, -0.2) is 0 Å². The van der Waals surface area contributed by atoms with Gasteiger partial charge in [-0.1, -0.05) is 25.1 Å². The third kappa shape index (κ3) is 2.22. The zero-order valence-corrected chi connectivity index (χ0v) is 12.8. The molecule has 0 aliphatic rings. The van der Waals surface area contributed by atoms with Gasteiger partial charge in [0.05, 0.1) is 6.04 Å². The molecule has 1 aromatic carbocycles. The normalized spacial score (nSPS) is 12.9. The average molecular weight is 287 g/mol. The van der Waals surface area contributed by atoms with Crippen molar-refractivity contribution >= 4 is 32.8 Å². The highest BCUT2D eigenvalue weighted by atomic mass is 32.1. The molecule has 19 heavy (non-hydrogen) atoms. The molecule has 1 nitrogen and oxygen atoms in total. The smallest absolute Gasteiger partial charge is 0.0685 e. The number of rotatable bonds is 4. The summed E-state index contributed by atoms with van der Waals surface area (Å²) in [5.41, 5.74) is 2.85. The Bertz CT molecular complexity index is 681. The van der Waals surface area contributed by atoms with Crippen LogP contribution in [0, 0.1) is 0 Å². The van der Waals surface area contributed by atoms with Crippen molar-refractivity contribution in [3.05, 3.63) is 57.1 Å². The van der Waals surface area contributed by atoms with E-state index in [9.17, 15) is 0 Å². The summed E-state index contributed by atoms with van der Waals surface area (Å²) in [6, 6.07) is 11.4. The van der Waals surface area contributed by atoms with Gasteiger partial charge in [0.25, 0.3) is 0 Å². The van der Waals surface area contributed by atoms with E-state index in [1.54, 1.807) is 0 Å². The van der Waals surface area contributed by atoms with Crippen LogP contribution in [-0.2, 0) is 6.42 Å². The Morgan fingerprint density at radius 3 is 2.74 bits per heavy atom. The van der Waals surface area contributed by atoms with Crippen molar-refractivity contribution in [1.82, 2.24) is 5.32 Å². The van der Waals surface area contributed by atoms with Crippen molar-refractivity contribution < 1.29 is 0 Å². The fraction of sp³-hybridized carbons (Fsp3) is 0.250. The molecule has 0 bridgehead atoms. The summed E-state index contributed by atoms with van der Waals surface area (Å²) in [6.45, 7) is 2.23. The van der Waals surface area contributed by atoms with E-state index in [1.165, 1.54) is 26.1 Å². The second kappa shape index (κ2) is 5.45. The molecular weight excluding hydrogens is 270 g/mol. The molecule has 0 fully saturated rings. The lowest BCUT2D eigenvalue weighted by Crippen LogP contribution is -2.17. The van der Waals surface area contributed by atoms with E-state index in [4.69, 9.17) is 0 Å². The van der Waals surface area contributed by atoms with E-state index in [0.29, 0.717) is 6.04 Å². The maximum absolute atomic E-state index is 3.49. The number of thiophene rings is 2. The summed E-state index contributed by atoms with van der Waals surface area (Å²) < 4.78 is 1.40. The molecule has 3 rings (SSSR count). The number of aryl methyl sites for hydroxylation is 1. The van der Waals surface area contributed by atoms with Crippen LogP contribution in [0.5, 0.6) is 0 Å². The molecular formula is C16H17NS2. The molecule has 0 aliphatic carbocycles. The highest BCUT2D eigenvalue weighted by molar-refractivity contribution is 7.17. The fourth-order valence-corrected chi connectivity index (χ4v) is 4.63. The zero-order valence-electron chi connectivity index (χ0n) is 11.1. The number of benzene rings is 1. The summed E-state index contributed by atoms with van der Waals surface area (Å²) in [5, 5.41) is 9.22. The van der Waals surface area contributed by atoms with Gasteiger partial charge < -0.3 is 5.32 Å². The quantitative estimate of drug-likeness (QED) is 0.724. The SMILES string of the molecule is CCc1ccsc1C(NC)c1cccc2ccsc12. The molecule has 0 radical (unpaired) electrons. The van der Waals surface area contributed by atoms with Gasteiger partial charge in [0.15, 0.2) is 0 Å². The molecule has 0 saturated heterocycles. The van der Waals surface area contributed by atoms with E-state index in [2.05, 4.69) is 60.4 Å². The summed E-state index contributed by atoms with van der Waals surface area (Å²) in [4.78, 5) is 1.45. The lowest BCUT2D eigenvalue weighted by Gasteiger charge is -2.18. The molecule has 2 heterocycles. The van der Waals surface area contributed by atoms with Gasteiger partial charge >= 0.3 is 0 Å². The Morgan fingerprint density at radius 2 is 1.95 bits per heavy atom. The highest BCUT2D eigenvalue weighted by Gasteiger charge is 2.19. The zero-order chi connectivity index (χ0) is 13.2. The summed E-state index contributed by atoms with van der Waals surface area (Å²) in [5.74, 6) is 0. The first-order valence-corrected chi connectivity index (χ1v) is 8.30. The van der Waals surface area contributed by atoms with Gasteiger partial charge in [0.1, 0.15) is 0 Å². The van der Waals surface area contributed by atoms with Crippen LogP contribution >= 0.6 is 22.7 Å². The van der Waals surface area contributed by atoms with Gasteiger partial charge in [0, 0.05) is 9.58 Å². The Kier molecular flexibility index (Phi) is 3.69. The van der Waals surface area contributed by atoms with Crippen molar-refractivity contribution in [2.24, 2.45) is 0 Å². The van der Waals surface area contributed by atoms with Crippen LogP contribution in [-0.4, -0.2) is 7.05 Å². The monoisotopic (exact) mass is 287 g/mol. The third-order valence-electron chi connectivity index (χ3n) is 3.53. The van der Waals surface area contributed by atoms with Crippen molar-refractivity contribution in [3.63, 3.8) is 0 Å². The largest absolute Gasteiger partial charge is 0.309 e. The maximum atomic E-state index is 3.49. The highest BCUT2D eigenvalue weighted by Crippen LogP contribution is 2.35. The predicted octanol–water partition coefficient (Wildman–Crippen LogP) is 4.83. The Labute approximate surface area is 121 Å².